The summed E-state index contributed by atoms with van der Waals surface area (Å²) < 4.78 is 0. The van der Waals surface area contributed by atoms with Crippen molar-refractivity contribution in [3.05, 3.63) is 42.5 Å². The van der Waals surface area contributed by atoms with Crippen molar-refractivity contribution in [3.63, 3.8) is 0 Å². The standard InChI is InChI=1S/C16H17N3O2/c17-15(20)14-9-4-10-19(14)16(21)18-13-8-3-6-11-5-1-2-7-12(11)13/h1-3,5-8,14H,4,9-10H2,(H2,17,20)(H,18,21). The fourth-order valence-electron chi connectivity index (χ4n) is 2.83. The summed E-state index contributed by atoms with van der Waals surface area (Å²) in [5.74, 6) is -0.444. The highest BCUT2D eigenvalue weighted by Gasteiger charge is 2.32. The van der Waals surface area contributed by atoms with Crippen molar-refractivity contribution >= 4 is 28.4 Å². The van der Waals surface area contributed by atoms with Crippen LogP contribution in [0.3, 0.4) is 0 Å². The molecule has 2 aromatic rings. The average Bonchev–Trinajstić information content (AvgIpc) is 2.97. The van der Waals surface area contributed by atoms with E-state index in [9.17, 15) is 9.59 Å². The van der Waals surface area contributed by atoms with Gasteiger partial charge in [0.15, 0.2) is 0 Å². The second kappa shape index (κ2) is 5.44. The molecule has 0 aromatic heterocycles. The smallest absolute Gasteiger partial charge is 0.322 e. The zero-order valence-electron chi connectivity index (χ0n) is 11.6. The summed E-state index contributed by atoms with van der Waals surface area (Å²) in [5.41, 5.74) is 6.09. The minimum absolute atomic E-state index is 0.271. The van der Waals surface area contributed by atoms with E-state index >= 15 is 0 Å². The number of benzene rings is 2. The van der Waals surface area contributed by atoms with Crippen LogP contribution in [0.5, 0.6) is 0 Å². The lowest BCUT2D eigenvalue weighted by Gasteiger charge is -2.23. The number of anilines is 1. The number of primary amides is 1. The SMILES string of the molecule is NC(=O)C1CCCN1C(=O)Nc1cccc2ccccc12. The second-order valence-electron chi connectivity index (χ2n) is 5.21. The highest BCUT2D eigenvalue weighted by Crippen LogP contribution is 2.24. The molecule has 5 heteroatoms. The molecule has 21 heavy (non-hydrogen) atoms. The van der Waals surface area contributed by atoms with Crippen LogP contribution in [0, 0.1) is 0 Å². The molecule has 0 spiro atoms. The Morgan fingerprint density at radius 2 is 1.90 bits per heavy atom. The van der Waals surface area contributed by atoms with Gasteiger partial charge < -0.3 is 16.0 Å². The van der Waals surface area contributed by atoms with Gasteiger partial charge >= 0.3 is 6.03 Å². The molecule has 1 saturated heterocycles. The van der Waals surface area contributed by atoms with Gasteiger partial charge in [0.2, 0.25) is 5.91 Å². The highest BCUT2D eigenvalue weighted by atomic mass is 16.2. The number of carbonyl (C=O) groups excluding carboxylic acids is 2. The fourth-order valence-corrected chi connectivity index (χ4v) is 2.83. The Hall–Kier alpha value is -2.56. The molecule has 3 amide bonds. The van der Waals surface area contributed by atoms with E-state index < -0.39 is 11.9 Å². The number of amides is 3. The summed E-state index contributed by atoms with van der Waals surface area (Å²) in [5, 5.41) is 4.92. The molecule has 5 nitrogen and oxygen atoms in total. The predicted molar refractivity (Wildman–Crippen MR) is 81.9 cm³/mol. The first-order chi connectivity index (χ1) is 10.2. The number of carbonyl (C=O) groups is 2. The maximum absolute atomic E-state index is 12.4. The van der Waals surface area contributed by atoms with Crippen LogP contribution in [0.25, 0.3) is 10.8 Å². The molecule has 108 valence electrons. The van der Waals surface area contributed by atoms with E-state index in [0.717, 1.165) is 22.9 Å². The van der Waals surface area contributed by atoms with Crippen LogP contribution >= 0.6 is 0 Å². The van der Waals surface area contributed by atoms with Crippen molar-refractivity contribution in [3.8, 4) is 0 Å². The summed E-state index contributed by atoms with van der Waals surface area (Å²) in [7, 11) is 0. The summed E-state index contributed by atoms with van der Waals surface area (Å²) in [6, 6.07) is 12.8. The van der Waals surface area contributed by atoms with E-state index in [1.54, 1.807) is 0 Å². The Balaban J connectivity index is 1.85. The molecular weight excluding hydrogens is 266 g/mol. The van der Waals surface area contributed by atoms with Crippen LogP contribution in [-0.2, 0) is 4.79 Å². The monoisotopic (exact) mass is 283 g/mol. The third kappa shape index (κ3) is 2.54. The second-order valence-corrected chi connectivity index (χ2v) is 5.21. The lowest BCUT2D eigenvalue weighted by molar-refractivity contribution is -0.121. The van der Waals surface area contributed by atoms with Crippen LogP contribution in [0.1, 0.15) is 12.8 Å². The van der Waals surface area contributed by atoms with Crippen molar-refractivity contribution < 1.29 is 9.59 Å². The quantitative estimate of drug-likeness (QED) is 0.887. The van der Waals surface area contributed by atoms with Gasteiger partial charge in [-0.1, -0.05) is 36.4 Å². The highest BCUT2D eigenvalue weighted by molar-refractivity contribution is 6.02. The Labute approximate surface area is 122 Å². The Kier molecular flexibility index (Phi) is 3.48. The van der Waals surface area contributed by atoms with Crippen LogP contribution in [0.4, 0.5) is 10.5 Å². The number of nitrogens with one attached hydrogen (secondary N) is 1. The third-order valence-corrected chi connectivity index (χ3v) is 3.87. The molecule has 3 rings (SSSR count). The number of nitrogens with two attached hydrogens (primary N) is 1. The topological polar surface area (TPSA) is 75.4 Å². The third-order valence-electron chi connectivity index (χ3n) is 3.87. The number of likely N-dealkylation sites (tertiary alicyclic amines) is 1. The van der Waals surface area contributed by atoms with Crippen LogP contribution in [0.15, 0.2) is 42.5 Å². The van der Waals surface area contributed by atoms with Gasteiger partial charge in [0.1, 0.15) is 6.04 Å². The van der Waals surface area contributed by atoms with Crippen molar-refractivity contribution in [1.82, 2.24) is 4.90 Å². The average molecular weight is 283 g/mol. The van der Waals surface area contributed by atoms with Crippen molar-refractivity contribution in [2.24, 2.45) is 5.73 Å². The van der Waals surface area contributed by atoms with Crippen molar-refractivity contribution in [2.45, 2.75) is 18.9 Å². The molecule has 0 radical (unpaired) electrons. The first kappa shape index (κ1) is 13.4. The zero-order chi connectivity index (χ0) is 14.8. The molecule has 1 aliphatic rings. The van der Waals surface area contributed by atoms with Gasteiger partial charge in [-0.15, -0.1) is 0 Å². The Morgan fingerprint density at radius 3 is 2.71 bits per heavy atom. The van der Waals surface area contributed by atoms with E-state index in [2.05, 4.69) is 5.32 Å². The molecule has 1 heterocycles. The molecule has 0 saturated carbocycles. The molecule has 3 N–H and O–H groups in total. The van der Waals surface area contributed by atoms with E-state index in [4.69, 9.17) is 5.73 Å². The fraction of sp³-hybridized carbons (Fsp3) is 0.250. The molecular formula is C16H17N3O2. The van der Waals surface area contributed by atoms with Gasteiger partial charge in [-0.05, 0) is 24.3 Å². The zero-order valence-corrected chi connectivity index (χ0v) is 11.6. The van der Waals surface area contributed by atoms with Crippen molar-refractivity contribution in [1.29, 1.82) is 0 Å². The predicted octanol–water partition coefficient (Wildman–Crippen LogP) is 2.32. The van der Waals surface area contributed by atoms with Gasteiger partial charge in [0, 0.05) is 11.9 Å². The van der Waals surface area contributed by atoms with Gasteiger partial charge in [-0.25, -0.2) is 4.79 Å². The normalized spacial score (nSPS) is 17.9. The van der Waals surface area contributed by atoms with E-state index in [1.807, 2.05) is 42.5 Å². The maximum Gasteiger partial charge on any atom is 0.322 e. The molecule has 0 aliphatic carbocycles. The summed E-state index contributed by atoms with van der Waals surface area (Å²) >= 11 is 0. The molecule has 1 atom stereocenters. The molecule has 1 aliphatic heterocycles. The summed E-state index contributed by atoms with van der Waals surface area (Å²) in [6.07, 6.45) is 1.44. The lowest BCUT2D eigenvalue weighted by atomic mass is 10.1. The van der Waals surface area contributed by atoms with E-state index in [1.165, 1.54) is 4.90 Å². The number of hydrogen-bond acceptors (Lipinski definition) is 2. The number of fused-ring (bicyclic) bond motifs is 1. The number of rotatable bonds is 2. The van der Waals surface area contributed by atoms with E-state index in [-0.39, 0.29) is 6.03 Å². The molecule has 1 fully saturated rings. The number of hydrogen-bond donors (Lipinski definition) is 2. The molecule has 2 aromatic carbocycles. The Bertz CT molecular complexity index is 693. The molecule has 1 unspecified atom stereocenters. The summed E-state index contributed by atoms with van der Waals surface area (Å²) in [6.45, 7) is 0.560. The van der Waals surface area contributed by atoms with Crippen LogP contribution in [-0.4, -0.2) is 29.4 Å². The van der Waals surface area contributed by atoms with Gasteiger partial charge in [-0.2, -0.15) is 0 Å². The van der Waals surface area contributed by atoms with Crippen LogP contribution in [0.2, 0.25) is 0 Å². The van der Waals surface area contributed by atoms with Crippen LogP contribution < -0.4 is 11.1 Å². The number of urea groups is 1. The minimum atomic E-state index is -0.500. The van der Waals surface area contributed by atoms with E-state index in [0.29, 0.717) is 13.0 Å². The number of nitrogens with zero attached hydrogens (tertiary/aromatic N) is 1. The first-order valence-corrected chi connectivity index (χ1v) is 7.01. The minimum Gasteiger partial charge on any atom is -0.368 e. The largest absolute Gasteiger partial charge is 0.368 e. The van der Waals surface area contributed by atoms with Gasteiger partial charge in [0.05, 0.1) is 5.69 Å². The lowest BCUT2D eigenvalue weighted by Crippen LogP contribution is -2.45. The van der Waals surface area contributed by atoms with Gasteiger partial charge in [0.25, 0.3) is 0 Å². The summed E-state index contributed by atoms with van der Waals surface area (Å²) in [4.78, 5) is 25.3. The first-order valence-electron chi connectivity index (χ1n) is 7.01. The molecule has 0 bridgehead atoms. The Morgan fingerprint density at radius 1 is 1.14 bits per heavy atom. The van der Waals surface area contributed by atoms with Crippen molar-refractivity contribution in [2.75, 3.05) is 11.9 Å². The maximum atomic E-state index is 12.4. The van der Waals surface area contributed by atoms with Gasteiger partial charge in [-0.3, -0.25) is 4.79 Å².